The van der Waals surface area contributed by atoms with Gasteiger partial charge in [-0.25, -0.2) is 0 Å². The number of rotatable bonds is 6. The highest BCUT2D eigenvalue weighted by Gasteiger charge is 2.35. The van der Waals surface area contributed by atoms with Gasteiger partial charge in [0.15, 0.2) is 0 Å². The maximum absolute atomic E-state index is 5.85. The first-order chi connectivity index (χ1) is 7.18. The molecule has 0 amide bonds. The molecule has 0 spiro atoms. The highest BCUT2D eigenvalue weighted by atomic mass is 14.9. The minimum Gasteiger partial charge on any atom is -0.330 e. The summed E-state index contributed by atoms with van der Waals surface area (Å²) in [5.74, 6) is 0. The van der Waals surface area contributed by atoms with E-state index in [2.05, 4.69) is 12.2 Å². The quantitative estimate of drug-likeness (QED) is 0.660. The standard InChI is InChI=1S/C13H26N2/c1-12(4-2-5-12)11-15-9-8-13(10-14)6-3-7-13/h15H,2-11,14H2,1H3. The molecule has 0 unspecified atom stereocenters. The van der Waals surface area contributed by atoms with Crippen LogP contribution in [0.3, 0.4) is 0 Å². The van der Waals surface area contributed by atoms with Crippen molar-refractivity contribution in [2.45, 2.75) is 51.9 Å². The van der Waals surface area contributed by atoms with Gasteiger partial charge in [-0.3, -0.25) is 0 Å². The van der Waals surface area contributed by atoms with E-state index in [1.54, 1.807) is 0 Å². The highest BCUT2D eigenvalue weighted by Crippen LogP contribution is 2.43. The van der Waals surface area contributed by atoms with Gasteiger partial charge < -0.3 is 11.1 Å². The summed E-state index contributed by atoms with van der Waals surface area (Å²) in [5, 5.41) is 3.63. The minimum absolute atomic E-state index is 0.521. The number of hydrogen-bond acceptors (Lipinski definition) is 2. The normalized spacial score (nSPS) is 26.8. The van der Waals surface area contributed by atoms with Gasteiger partial charge in [0.1, 0.15) is 0 Å². The Morgan fingerprint density at radius 1 is 1.13 bits per heavy atom. The summed E-state index contributed by atoms with van der Waals surface area (Å²) in [7, 11) is 0. The van der Waals surface area contributed by atoms with Crippen LogP contribution in [0.4, 0.5) is 0 Å². The summed E-state index contributed by atoms with van der Waals surface area (Å²) in [5.41, 5.74) is 6.99. The van der Waals surface area contributed by atoms with Crippen molar-refractivity contribution >= 4 is 0 Å². The monoisotopic (exact) mass is 210 g/mol. The fraction of sp³-hybridized carbons (Fsp3) is 1.00. The van der Waals surface area contributed by atoms with Gasteiger partial charge in [0.05, 0.1) is 0 Å². The van der Waals surface area contributed by atoms with Crippen LogP contribution >= 0.6 is 0 Å². The summed E-state index contributed by atoms with van der Waals surface area (Å²) in [6, 6.07) is 0. The lowest BCUT2D eigenvalue weighted by Gasteiger charge is -2.42. The summed E-state index contributed by atoms with van der Waals surface area (Å²) in [6.07, 6.45) is 9.69. The van der Waals surface area contributed by atoms with Crippen molar-refractivity contribution < 1.29 is 0 Å². The van der Waals surface area contributed by atoms with E-state index in [-0.39, 0.29) is 0 Å². The third-order valence-electron chi connectivity index (χ3n) is 4.79. The lowest BCUT2D eigenvalue weighted by atomic mass is 9.66. The molecule has 0 aromatic heterocycles. The Kier molecular flexibility index (Phi) is 3.36. The molecule has 2 rings (SSSR count). The first kappa shape index (κ1) is 11.4. The lowest BCUT2D eigenvalue weighted by Crippen LogP contribution is -2.42. The third-order valence-corrected chi connectivity index (χ3v) is 4.79. The van der Waals surface area contributed by atoms with Gasteiger partial charge in [-0.15, -0.1) is 0 Å². The molecule has 3 N–H and O–H groups in total. The molecular weight excluding hydrogens is 184 g/mol. The van der Waals surface area contributed by atoms with Crippen LogP contribution < -0.4 is 11.1 Å². The molecule has 88 valence electrons. The molecule has 0 heterocycles. The summed E-state index contributed by atoms with van der Waals surface area (Å²) < 4.78 is 0. The zero-order valence-electron chi connectivity index (χ0n) is 10.1. The van der Waals surface area contributed by atoms with E-state index in [4.69, 9.17) is 5.73 Å². The Labute approximate surface area is 94.0 Å². The van der Waals surface area contributed by atoms with Crippen molar-refractivity contribution in [2.75, 3.05) is 19.6 Å². The zero-order valence-corrected chi connectivity index (χ0v) is 10.1. The predicted molar refractivity (Wildman–Crippen MR) is 64.8 cm³/mol. The second-order valence-corrected chi connectivity index (χ2v) is 6.15. The van der Waals surface area contributed by atoms with Gasteiger partial charge in [0, 0.05) is 6.54 Å². The van der Waals surface area contributed by atoms with Gasteiger partial charge in [0.2, 0.25) is 0 Å². The van der Waals surface area contributed by atoms with Crippen LogP contribution in [0.2, 0.25) is 0 Å². The maximum Gasteiger partial charge on any atom is 0.000516 e. The van der Waals surface area contributed by atoms with Crippen LogP contribution in [0, 0.1) is 10.8 Å². The number of nitrogens with one attached hydrogen (secondary N) is 1. The van der Waals surface area contributed by atoms with Gasteiger partial charge in [-0.05, 0) is 56.0 Å². The van der Waals surface area contributed by atoms with Gasteiger partial charge in [-0.1, -0.05) is 19.8 Å². The zero-order chi connectivity index (χ0) is 10.8. The van der Waals surface area contributed by atoms with Crippen LogP contribution in [0.5, 0.6) is 0 Å². The van der Waals surface area contributed by atoms with E-state index >= 15 is 0 Å². The van der Waals surface area contributed by atoms with Crippen LogP contribution in [-0.4, -0.2) is 19.6 Å². The van der Waals surface area contributed by atoms with E-state index in [0.29, 0.717) is 10.8 Å². The van der Waals surface area contributed by atoms with Gasteiger partial charge in [-0.2, -0.15) is 0 Å². The SMILES string of the molecule is CC1(CNCCC2(CN)CCC2)CCC1. The van der Waals surface area contributed by atoms with E-state index in [1.165, 1.54) is 58.0 Å². The van der Waals surface area contributed by atoms with Crippen LogP contribution in [-0.2, 0) is 0 Å². The molecule has 2 saturated carbocycles. The lowest BCUT2D eigenvalue weighted by molar-refractivity contribution is 0.119. The second kappa shape index (κ2) is 4.42. The molecule has 2 heteroatoms. The van der Waals surface area contributed by atoms with Crippen LogP contribution in [0.1, 0.15) is 51.9 Å². The topological polar surface area (TPSA) is 38.0 Å². The van der Waals surface area contributed by atoms with Gasteiger partial charge in [0.25, 0.3) is 0 Å². The number of hydrogen-bond donors (Lipinski definition) is 2. The van der Waals surface area contributed by atoms with Crippen molar-refractivity contribution in [3.8, 4) is 0 Å². The molecule has 2 aliphatic rings. The first-order valence-corrected chi connectivity index (χ1v) is 6.59. The van der Waals surface area contributed by atoms with Crippen LogP contribution in [0.25, 0.3) is 0 Å². The van der Waals surface area contributed by atoms with E-state index in [9.17, 15) is 0 Å². The summed E-state index contributed by atoms with van der Waals surface area (Å²) >= 11 is 0. The molecular formula is C13H26N2. The summed E-state index contributed by atoms with van der Waals surface area (Å²) in [4.78, 5) is 0. The Morgan fingerprint density at radius 3 is 2.20 bits per heavy atom. The highest BCUT2D eigenvalue weighted by molar-refractivity contribution is 4.90. The van der Waals surface area contributed by atoms with Gasteiger partial charge >= 0.3 is 0 Å². The molecule has 15 heavy (non-hydrogen) atoms. The molecule has 0 aromatic rings. The largest absolute Gasteiger partial charge is 0.330 e. The molecule has 0 bridgehead atoms. The van der Waals surface area contributed by atoms with E-state index in [1.807, 2.05) is 0 Å². The maximum atomic E-state index is 5.85. The Hall–Kier alpha value is -0.0800. The molecule has 2 nitrogen and oxygen atoms in total. The molecule has 0 radical (unpaired) electrons. The third kappa shape index (κ3) is 2.54. The van der Waals surface area contributed by atoms with Crippen molar-refractivity contribution in [1.29, 1.82) is 0 Å². The first-order valence-electron chi connectivity index (χ1n) is 6.59. The molecule has 0 saturated heterocycles. The minimum atomic E-state index is 0.521. The molecule has 2 fully saturated rings. The Bertz CT molecular complexity index is 199. The second-order valence-electron chi connectivity index (χ2n) is 6.15. The van der Waals surface area contributed by atoms with Crippen molar-refractivity contribution in [3.63, 3.8) is 0 Å². The smallest absolute Gasteiger partial charge is 0.000516 e. The average molecular weight is 210 g/mol. The predicted octanol–water partition coefficient (Wildman–Crippen LogP) is 2.29. The summed E-state index contributed by atoms with van der Waals surface area (Å²) in [6.45, 7) is 5.69. The van der Waals surface area contributed by atoms with Crippen molar-refractivity contribution in [1.82, 2.24) is 5.32 Å². The van der Waals surface area contributed by atoms with Crippen molar-refractivity contribution in [2.24, 2.45) is 16.6 Å². The van der Waals surface area contributed by atoms with Crippen molar-refractivity contribution in [3.05, 3.63) is 0 Å². The molecule has 0 aliphatic heterocycles. The van der Waals surface area contributed by atoms with E-state index in [0.717, 1.165) is 6.54 Å². The van der Waals surface area contributed by atoms with Crippen LogP contribution in [0.15, 0.2) is 0 Å². The number of nitrogens with two attached hydrogens (primary N) is 1. The van der Waals surface area contributed by atoms with E-state index < -0.39 is 0 Å². The fourth-order valence-corrected chi connectivity index (χ4v) is 2.93. The molecule has 2 aliphatic carbocycles. The average Bonchev–Trinajstić information content (AvgIpc) is 2.13. The Morgan fingerprint density at radius 2 is 1.80 bits per heavy atom. The fourth-order valence-electron chi connectivity index (χ4n) is 2.93. The Balaban J connectivity index is 1.58. The molecule has 0 atom stereocenters. The molecule has 0 aromatic carbocycles.